The standard InChI is InChI=1S/C14H27N3O4/c1-5-10(3)16-12(18)7-8-15-14(21)17(9-13(19)20)11(4)6-2/h10-11H,5-9H2,1-4H3,(H,15,21)(H,16,18)(H,19,20). The second kappa shape index (κ2) is 10.0. The minimum atomic E-state index is -1.06. The van der Waals surface area contributed by atoms with Crippen LogP contribution < -0.4 is 10.6 Å². The van der Waals surface area contributed by atoms with E-state index in [1.807, 2.05) is 20.8 Å². The molecule has 0 radical (unpaired) electrons. The van der Waals surface area contributed by atoms with Crippen molar-refractivity contribution in [1.82, 2.24) is 15.5 Å². The number of carboxylic acid groups (broad SMARTS) is 1. The second-order valence-electron chi connectivity index (χ2n) is 5.14. The Morgan fingerprint density at radius 2 is 1.76 bits per heavy atom. The highest BCUT2D eigenvalue weighted by Crippen LogP contribution is 2.03. The summed E-state index contributed by atoms with van der Waals surface area (Å²) in [6.45, 7) is 7.40. The van der Waals surface area contributed by atoms with Crippen molar-refractivity contribution in [2.24, 2.45) is 0 Å². The number of carboxylic acids is 1. The van der Waals surface area contributed by atoms with Crippen molar-refractivity contribution < 1.29 is 19.5 Å². The number of hydrogen-bond acceptors (Lipinski definition) is 3. The second-order valence-corrected chi connectivity index (χ2v) is 5.14. The lowest BCUT2D eigenvalue weighted by atomic mass is 10.2. The minimum Gasteiger partial charge on any atom is -0.480 e. The van der Waals surface area contributed by atoms with Crippen LogP contribution in [0.2, 0.25) is 0 Å². The first kappa shape index (κ1) is 19.2. The van der Waals surface area contributed by atoms with Gasteiger partial charge in [0.2, 0.25) is 5.91 Å². The molecule has 0 spiro atoms. The molecule has 2 atom stereocenters. The molecule has 7 nitrogen and oxygen atoms in total. The minimum absolute atomic E-state index is 0.108. The quantitative estimate of drug-likeness (QED) is 0.595. The molecule has 3 amide bonds. The third-order valence-corrected chi connectivity index (χ3v) is 3.34. The molecule has 0 saturated carbocycles. The van der Waals surface area contributed by atoms with Crippen molar-refractivity contribution in [3.8, 4) is 0 Å². The van der Waals surface area contributed by atoms with Gasteiger partial charge in [0.25, 0.3) is 0 Å². The van der Waals surface area contributed by atoms with Gasteiger partial charge in [-0.1, -0.05) is 13.8 Å². The predicted octanol–water partition coefficient (Wildman–Crippen LogP) is 1.19. The number of aliphatic carboxylic acids is 1. The van der Waals surface area contributed by atoms with E-state index in [0.29, 0.717) is 6.42 Å². The van der Waals surface area contributed by atoms with Gasteiger partial charge >= 0.3 is 12.0 Å². The van der Waals surface area contributed by atoms with Crippen LogP contribution in [0.1, 0.15) is 47.0 Å². The highest BCUT2D eigenvalue weighted by Gasteiger charge is 2.21. The lowest BCUT2D eigenvalue weighted by molar-refractivity contribution is -0.138. The fraction of sp³-hybridized carbons (Fsp3) is 0.786. The Morgan fingerprint density at radius 3 is 2.24 bits per heavy atom. The Labute approximate surface area is 126 Å². The third-order valence-electron chi connectivity index (χ3n) is 3.34. The summed E-state index contributed by atoms with van der Waals surface area (Å²) in [5.41, 5.74) is 0. The van der Waals surface area contributed by atoms with E-state index in [1.165, 1.54) is 4.90 Å². The summed E-state index contributed by atoms with van der Waals surface area (Å²) in [5, 5.41) is 14.2. The van der Waals surface area contributed by atoms with Crippen molar-refractivity contribution in [1.29, 1.82) is 0 Å². The SMILES string of the molecule is CCC(C)NC(=O)CCNC(=O)N(CC(=O)O)C(C)CC. The summed E-state index contributed by atoms with van der Waals surface area (Å²) in [5.74, 6) is -1.18. The van der Waals surface area contributed by atoms with E-state index in [1.54, 1.807) is 6.92 Å². The topological polar surface area (TPSA) is 98.7 Å². The van der Waals surface area contributed by atoms with Gasteiger partial charge in [-0.3, -0.25) is 9.59 Å². The highest BCUT2D eigenvalue weighted by atomic mass is 16.4. The van der Waals surface area contributed by atoms with Crippen molar-refractivity contribution in [3.63, 3.8) is 0 Å². The van der Waals surface area contributed by atoms with Crippen LogP contribution in [-0.4, -0.2) is 53.1 Å². The number of nitrogens with zero attached hydrogens (tertiary/aromatic N) is 1. The zero-order valence-electron chi connectivity index (χ0n) is 13.3. The molecule has 21 heavy (non-hydrogen) atoms. The van der Waals surface area contributed by atoms with Crippen LogP contribution in [0.4, 0.5) is 4.79 Å². The average Bonchev–Trinajstić information content (AvgIpc) is 2.43. The fourth-order valence-electron chi connectivity index (χ4n) is 1.63. The van der Waals surface area contributed by atoms with Gasteiger partial charge in [0.05, 0.1) is 0 Å². The molecule has 0 aromatic rings. The molecule has 0 saturated heterocycles. The van der Waals surface area contributed by atoms with Crippen LogP contribution in [0, 0.1) is 0 Å². The van der Waals surface area contributed by atoms with Gasteiger partial charge in [0, 0.05) is 25.0 Å². The maximum Gasteiger partial charge on any atom is 0.323 e. The van der Waals surface area contributed by atoms with Crippen LogP contribution in [0.5, 0.6) is 0 Å². The highest BCUT2D eigenvalue weighted by molar-refractivity contribution is 5.81. The van der Waals surface area contributed by atoms with Crippen molar-refractivity contribution in [2.75, 3.05) is 13.1 Å². The number of carbonyl (C=O) groups is 3. The van der Waals surface area contributed by atoms with Crippen LogP contribution >= 0.6 is 0 Å². The number of nitrogens with one attached hydrogen (secondary N) is 2. The monoisotopic (exact) mass is 301 g/mol. The van der Waals surface area contributed by atoms with E-state index in [4.69, 9.17) is 5.11 Å². The van der Waals surface area contributed by atoms with E-state index in [2.05, 4.69) is 10.6 Å². The summed E-state index contributed by atoms with van der Waals surface area (Å²) in [6.07, 6.45) is 1.69. The normalized spacial score (nSPS) is 13.1. The molecule has 0 aliphatic heterocycles. The molecule has 0 fully saturated rings. The maximum atomic E-state index is 12.0. The zero-order chi connectivity index (χ0) is 16.4. The van der Waals surface area contributed by atoms with Crippen LogP contribution in [0.25, 0.3) is 0 Å². The van der Waals surface area contributed by atoms with E-state index in [-0.39, 0.29) is 37.5 Å². The molecule has 0 rings (SSSR count). The lowest BCUT2D eigenvalue weighted by Gasteiger charge is -2.27. The zero-order valence-corrected chi connectivity index (χ0v) is 13.3. The number of amides is 3. The van der Waals surface area contributed by atoms with E-state index < -0.39 is 12.0 Å². The third kappa shape index (κ3) is 8.16. The molecule has 2 unspecified atom stereocenters. The smallest absolute Gasteiger partial charge is 0.323 e. The number of rotatable bonds is 9. The Balaban J connectivity index is 4.25. The number of hydrogen-bond donors (Lipinski definition) is 3. The van der Waals surface area contributed by atoms with Gasteiger partial charge in [-0.05, 0) is 26.7 Å². The molecule has 3 N–H and O–H groups in total. The summed E-state index contributed by atoms with van der Waals surface area (Å²) in [4.78, 5) is 35.6. The Bertz CT molecular complexity index is 360. The molecule has 0 aliphatic rings. The summed E-state index contributed by atoms with van der Waals surface area (Å²) >= 11 is 0. The van der Waals surface area contributed by atoms with Crippen molar-refractivity contribution in [2.45, 2.75) is 59.0 Å². The van der Waals surface area contributed by atoms with E-state index in [0.717, 1.165) is 6.42 Å². The van der Waals surface area contributed by atoms with Crippen molar-refractivity contribution >= 4 is 17.9 Å². The Hall–Kier alpha value is -1.79. The molecular weight excluding hydrogens is 274 g/mol. The first-order chi connectivity index (χ1) is 9.81. The summed E-state index contributed by atoms with van der Waals surface area (Å²) in [6, 6.07) is -0.519. The Kier molecular flexibility index (Phi) is 9.16. The molecule has 0 aromatic carbocycles. The first-order valence-electron chi connectivity index (χ1n) is 7.37. The van der Waals surface area contributed by atoms with Gasteiger partial charge in [-0.25, -0.2) is 4.79 Å². The average molecular weight is 301 g/mol. The first-order valence-corrected chi connectivity index (χ1v) is 7.37. The number of carbonyl (C=O) groups excluding carboxylic acids is 2. The fourth-order valence-corrected chi connectivity index (χ4v) is 1.63. The molecule has 7 heteroatoms. The summed E-state index contributed by atoms with van der Waals surface area (Å²) < 4.78 is 0. The Morgan fingerprint density at radius 1 is 1.14 bits per heavy atom. The molecule has 0 aliphatic carbocycles. The van der Waals surface area contributed by atoms with Crippen LogP contribution in [-0.2, 0) is 9.59 Å². The maximum absolute atomic E-state index is 12.0. The van der Waals surface area contributed by atoms with Gasteiger partial charge in [-0.2, -0.15) is 0 Å². The van der Waals surface area contributed by atoms with Gasteiger partial charge in [0.15, 0.2) is 0 Å². The molecule has 0 aromatic heterocycles. The van der Waals surface area contributed by atoms with Crippen LogP contribution in [0.15, 0.2) is 0 Å². The van der Waals surface area contributed by atoms with Crippen molar-refractivity contribution in [3.05, 3.63) is 0 Å². The molecule has 122 valence electrons. The molecule has 0 heterocycles. The molecular formula is C14H27N3O4. The van der Waals surface area contributed by atoms with E-state index >= 15 is 0 Å². The summed E-state index contributed by atoms with van der Waals surface area (Å²) in [7, 11) is 0. The van der Waals surface area contributed by atoms with Crippen LogP contribution in [0.3, 0.4) is 0 Å². The van der Waals surface area contributed by atoms with Gasteiger partial charge < -0.3 is 20.6 Å². The van der Waals surface area contributed by atoms with E-state index in [9.17, 15) is 14.4 Å². The van der Waals surface area contributed by atoms with Gasteiger partial charge in [-0.15, -0.1) is 0 Å². The van der Waals surface area contributed by atoms with Gasteiger partial charge in [0.1, 0.15) is 6.54 Å². The lowest BCUT2D eigenvalue weighted by Crippen LogP contribution is -2.48. The number of urea groups is 1. The largest absolute Gasteiger partial charge is 0.480 e. The predicted molar refractivity (Wildman–Crippen MR) is 80.0 cm³/mol. The molecule has 0 bridgehead atoms.